The molecule has 1 unspecified atom stereocenters. The van der Waals surface area contributed by atoms with Crippen LogP contribution in [0, 0.1) is 11.6 Å². The number of amidine groups is 1. The maximum absolute atomic E-state index is 14.5. The largest absolute Gasteiger partial charge is 0.472 e. The molecule has 1 aromatic carbocycles. The van der Waals surface area contributed by atoms with E-state index in [0.717, 1.165) is 25.0 Å². The van der Waals surface area contributed by atoms with Gasteiger partial charge in [0.25, 0.3) is 5.88 Å². The van der Waals surface area contributed by atoms with Gasteiger partial charge in [-0.1, -0.05) is 22.8 Å². The van der Waals surface area contributed by atoms with E-state index in [9.17, 15) is 8.78 Å². The van der Waals surface area contributed by atoms with E-state index in [2.05, 4.69) is 30.2 Å². The Kier molecular flexibility index (Phi) is 8.09. The molecule has 2 fully saturated rings. The highest BCUT2D eigenvalue weighted by atomic mass is 35.5. The fourth-order valence-corrected chi connectivity index (χ4v) is 5.18. The van der Waals surface area contributed by atoms with Crippen LogP contribution in [0.4, 0.5) is 8.78 Å². The molecule has 1 atom stereocenters. The van der Waals surface area contributed by atoms with Gasteiger partial charge in [-0.25, -0.2) is 14.4 Å². The number of halogens is 3. The zero-order chi connectivity index (χ0) is 29.2. The fraction of sp³-hybridized carbons (Fsp3) is 0.407. The first-order valence-electron chi connectivity index (χ1n) is 13.5. The molecule has 2 aliphatic heterocycles. The number of imidazole rings is 1. The van der Waals surface area contributed by atoms with Gasteiger partial charge >= 0.3 is 0 Å². The lowest BCUT2D eigenvalue weighted by Gasteiger charge is -2.32. The second-order valence-electron chi connectivity index (χ2n) is 10.3. The third-order valence-corrected chi connectivity index (χ3v) is 7.66. The first-order valence-corrected chi connectivity index (χ1v) is 13.9. The standard InChI is InChI=1S/C27H28ClF2N9O3/c28-16-2-1-15(19(29)10-16)9-23-32-12-20(30)27(34-23)42-17-3-6-38(7-4-17)14-24-33-22-11-21(25(31)37-40)35-36-26(22)39(24)13-18-5-8-41-18/h1-2,10-12,17-18,40H,3-9,13-14H2,(H2,31,37). The Balaban J connectivity index is 1.11. The average Bonchev–Trinajstić information content (AvgIpc) is 3.30. The van der Waals surface area contributed by atoms with Crippen LogP contribution in [0.15, 0.2) is 35.6 Å². The van der Waals surface area contributed by atoms with E-state index in [0.29, 0.717) is 55.7 Å². The van der Waals surface area contributed by atoms with Crippen molar-refractivity contribution in [1.29, 1.82) is 0 Å². The quantitative estimate of drug-likeness (QED) is 0.127. The number of hydrogen-bond donors (Lipinski definition) is 2. The lowest BCUT2D eigenvalue weighted by molar-refractivity contribution is -0.0593. The molecule has 220 valence electrons. The predicted octanol–water partition coefficient (Wildman–Crippen LogP) is 3.07. The Morgan fingerprint density at radius 1 is 1.14 bits per heavy atom. The Labute approximate surface area is 244 Å². The van der Waals surface area contributed by atoms with E-state index in [4.69, 9.17) is 37.0 Å². The molecule has 42 heavy (non-hydrogen) atoms. The molecule has 0 amide bonds. The fourth-order valence-electron chi connectivity index (χ4n) is 5.02. The molecule has 2 aliphatic rings. The van der Waals surface area contributed by atoms with Gasteiger partial charge < -0.3 is 25.0 Å². The number of fused-ring (bicyclic) bond motifs is 1. The van der Waals surface area contributed by atoms with Crippen LogP contribution in [0.5, 0.6) is 5.88 Å². The summed E-state index contributed by atoms with van der Waals surface area (Å²) in [6.45, 7) is 3.24. The van der Waals surface area contributed by atoms with Crippen LogP contribution in [0.2, 0.25) is 5.02 Å². The highest BCUT2D eigenvalue weighted by Gasteiger charge is 2.27. The SMILES string of the molecule is NC(=NO)c1cc2nc(CN3CCC(Oc4nc(Cc5ccc(Cl)cc5F)ncc4F)CC3)n(CC3CCO3)c2nn1. The van der Waals surface area contributed by atoms with Crippen molar-refractivity contribution in [3.63, 3.8) is 0 Å². The molecule has 12 nitrogen and oxygen atoms in total. The normalized spacial score (nSPS) is 18.4. The van der Waals surface area contributed by atoms with Gasteiger partial charge in [-0.3, -0.25) is 4.90 Å². The number of aromatic nitrogens is 6. The maximum atomic E-state index is 14.5. The highest BCUT2D eigenvalue weighted by Crippen LogP contribution is 2.25. The first-order chi connectivity index (χ1) is 20.4. The lowest BCUT2D eigenvalue weighted by Crippen LogP contribution is -2.39. The number of likely N-dealkylation sites (tertiary alicyclic amines) is 1. The van der Waals surface area contributed by atoms with Crippen molar-refractivity contribution in [3.8, 4) is 5.88 Å². The van der Waals surface area contributed by atoms with Crippen LogP contribution < -0.4 is 10.5 Å². The zero-order valence-corrected chi connectivity index (χ0v) is 23.2. The van der Waals surface area contributed by atoms with E-state index < -0.39 is 11.6 Å². The minimum absolute atomic E-state index is 0.0784. The molecule has 3 N–H and O–H groups in total. The maximum Gasteiger partial charge on any atom is 0.254 e. The molecule has 0 aliphatic carbocycles. The topological polar surface area (TPSA) is 150 Å². The summed E-state index contributed by atoms with van der Waals surface area (Å²) in [5, 5.41) is 20.7. The average molecular weight is 600 g/mol. The van der Waals surface area contributed by atoms with Crippen molar-refractivity contribution in [2.75, 3.05) is 19.7 Å². The molecule has 4 aromatic rings. The van der Waals surface area contributed by atoms with Gasteiger partial charge in [-0.15, -0.1) is 10.2 Å². The van der Waals surface area contributed by atoms with E-state index in [1.807, 2.05) is 4.57 Å². The van der Waals surface area contributed by atoms with Crippen LogP contribution in [0.25, 0.3) is 11.2 Å². The molecule has 3 aromatic heterocycles. The van der Waals surface area contributed by atoms with Crippen LogP contribution in [0.3, 0.4) is 0 Å². The summed E-state index contributed by atoms with van der Waals surface area (Å²) in [5.41, 5.74) is 7.47. The minimum Gasteiger partial charge on any atom is -0.472 e. The summed E-state index contributed by atoms with van der Waals surface area (Å²) in [4.78, 5) is 15.2. The molecule has 0 spiro atoms. The van der Waals surface area contributed by atoms with E-state index in [1.165, 1.54) is 6.07 Å². The molecule has 0 radical (unpaired) electrons. The first kappa shape index (κ1) is 28.1. The molecule has 6 rings (SSSR count). The van der Waals surface area contributed by atoms with Crippen molar-refractivity contribution in [3.05, 3.63) is 70.0 Å². The number of nitrogens with zero attached hydrogens (tertiary/aromatic N) is 8. The third kappa shape index (κ3) is 6.10. The Morgan fingerprint density at radius 3 is 2.67 bits per heavy atom. The van der Waals surface area contributed by atoms with Gasteiger partial charge in [-0.2, -0.15) is 9.37 Å². The van der Waals surface area contributed by atoms with Gasteiger partial charge in [0.05, 0.1) is 25.4 Å². The molecule has 0 saturated carbocycles. The summed E-state index contributed by atoms with van der Waals surface area (Å²) in [7, 11) is 0. The zero-order valence-electron chi connectivity index (χ0n) is 22.5. The summed E-state index contributed by atoms with van der Waals surface area (Å²) < 4.78 is 42.3. The van der Waals surface area contributed by atoms with Crippen molar-refractivity contribution in [2.45, 2.75) is 51.0 Å². The van der Waals surface area contributed by atoms with Crippen LogP contribution in [-0.2, 0) is 24.2 Å². The molecule has 2 saturated heterocycles. The number of rotatable bonds is 9. The van der Waals surface area contributed by atoms with Crippen molar-refractivity contribution in [1.82, 2.24) is 34.6 Å². The Bertz CT molecular complexity index is 1620. The van der Waals surface area contributed by atoms with Crippen molar-refractivity contribution >= 4 is 28.6 Å². The van der Waals surface area contributed by atoms with E-state index in [1.54, 1.807) is 18.2 Å². The Morgan fingerprint density at radius 2 is 1.95 bits per heavy atom. The smallest absolute Gasteiger partial charge is 0.254 e. The summed E-state index contributed by atoms with van der Waals surface area (Å²) in [6.07, 6.45) is 3.19. The summed E-state index contributed by atoms with van der Waals surface area (Å²) in [5.74, 6) is -0.388. The minimum atomic E-state index is -0.669. The van der Waals surface area contributed by atoms with Crippen molar-refractivity contribution in [2.24, 2.45) is 10.9 Å². The number of benzene rings is 1. The molecular weight excluding hydrogens is 572 g/mol. The van der Waals surface area contributed by atoms with E-state index >= 15 is 0 Å². The summed E-state index contributed by atoms with van der Waals surface area (Å²) >= 11 is 5.83. The monoisotopic (exact) mass is 599 g/mol. The van der Waals surface area contributed by atoms with Gasteiger partial charge in [0.2, 0.25) is 5.82 Å². The second-order valence-corrected chi connectivity index (χ2v) is 10.7. The van der Waals surface area contributed by atoms with Gasteiger partial charge in [0.1, 0.15) is 34.8 Å². The molecule has 5 heterocycles. The molecular formula is C27H28ClF2N9O3. The second kappa shape index (κ2) is 12.1. The summed E-state index contributed by atoms with van der Waals surface area (Å²) in [6, 6.07) is 6.00. The van der Waals surface area contributed by atoms with Crippen LogP contribution >= 0.6 is 11.6 Å². The molecule has 0 bridgehead atoms. The number of nitrogens with two attached hydrogens (primary N) is 1. The van der Waals surface area contributed by atoms with Gasteiger partial charge in [-0.05, 0) is 43.0 Å². The number of oxime groups is 1. The van der Waals surface area contributed by atoms with Crippen LogP contribution in [-0.4, -0.2) is 77.6 Å². The number of ether oxygens (including phenoxy) is 2. The third-order valence-electron chi connectivity index (χ3n) is 7.42. The predicted molar refractivity (Wildman–Crippen MR) is 147 cm³/mol. The molecule has 15 heteroatoms. The highest BCUT2D eigenvalue weighted by molar-refractivity contribution is 6.30. The van der Waals surface area contributed by atoms with Crippen molar-refractivity contribution < 1.29 is 23.5 Å². The van der Waals surface area contributed by atoms with Crippen LogP contribution in [0.1, 0.15) is 42.2 Å². The van der Waals surface area contributed by atoms with Gasteiger partial charge in [0.15, 0.2) is 11.5 Å². The lowest BCUT2D eigenvalue weighted by atomic mass is 10.1. The Hall–Kier alpha value is -4.01. The van der Waals surface area contributed by atoms with E-state index in [-0.39, 0.29) is 46.9 Å². The van der Waals surface area contributed by atoms with Gasteiger partial charge in [0, 0.05) is 31.1 Å². The number of piperidine rings is 1. The number of hydrogen-bond acceptors (Lipinski definition) is 10.